The minimum Gasteiger partial charge on any atom is -0.464 e. The Labute approximate surface area is 86.0 Å². The fourth-order valence-corrected chi connectivity index (χ4v) is 0.980. The molecule has 15 heavy (non-hydrogen) atoms. The number of benzene rings is 1. The van der Waals surface area contributed by atoms with Crippen molar-refractivity contribution in [3.63, 3.8) is 0 Å². The van der Waals surface area contributed by atoms with Crippen molar-refractivity contribution < 1.29 is 19.4 Å². The van der Waals surface area contributed by atoms with Crippen molar-refractivity contribution in [2.75, 3.05) is 12.1 Å². The molecule has 6 nitrogen and oxygen atoms in total. The highest BCUT2D eigenvalue weighted by Gasteiger charge is 2.17. The molecule has 0 aromatic heterocycles. The van der Waals surface area contributed by atoms with Gasteiger partial charge in [0.25, 0.3) is 0 Å². The van der Waals surface area contributed by atoms with Crippen LogP contribution in [0.15, 0.2) is 30.3 Å². The predicted molar refractivity (Wildman–Crippen MR) is 52.5 cm³/mol. The van der Waals surface area contributed by atoms with Gasteiger partial charge >= 0.3 is 12.2 Å². The molecule has 0 bridgehead atoms. The third-order valence-electron chi connectivity index (χ3n) is 1.58. The molecule has 0 unspecified atom stereocenters. The first-order chi connectivity index (χ1) is 7.15. The van der Waals surface area contributed by atoms with Crippen molar-refractivity contribution in [3.05, 3.63) is 30.3 Å². The van der Waals surface area contributed by atoms with Crippen LogP contribution >= 0.6 is 0 Å². The first-order valence-electron chi connectivity index (χ1n) is 4.08. The van der Waals surface area contributed by atoms with Gasteiger partial charge in [-0.25, -0.2) is 15.0 Å². The second-order valence-corrected chi connectivity index (χ2v) is 2.56. The Morgan fingerprint density at radius 2 is 1.93 bits per heavy atom. The van der Waals surface area contributed by atoms with Gasteiger partial charge < -0.3 is 9.84 Å². The van der Waals surface area contributed by atoms with Crippen LogP contribution in [-0.2, 0) is 4.74 Å². The number of rotatable bonds is 1. The second kappa shape index (κ2) is 4.85. The summed E-state index contributed by atoms with van der Waals surface area (Å²) in [5.41, 5.74) is 2.30. The molecular weight excluding hydrogens is 200 g/mol. The van der Waals surface area contributed by atoms with Crippen molar-refractivity contribution in [2.45, 2.75) is 0 Å². The van der Waals surface area contributed by atoms with Gasteiger partial charge in [0.2, 0.25) is 0 Å². The Hall–Kier alpha value is -2.24. The van der Waals surface area contributed by atoms with Gasteiger partial charge in [-0.1, -0.05) is 18.2 Å². The van der Waals surface area contributed by atoms with Crippen LogP contribution in [0.5, 0.6) is 0 Å². The molecule has 0 aliphatic carbocycles. The van der Waals surface area contributed by atoms with Crippen LogP contribution in [0.2, 0.25) is 0 Å². The number of hydrogen-bond donors (Lipinski definition) is 2. The zero-order valence-electron chi connectivity index (χ0n) is 8.01. The molecule has 0 spiro atoms. The number of nitrogens with one attached hydrogen (secondary N) is 1. The molecule has 0 saturated heterocycles. The van der Waals surface area contributed by atoms with Gasteiger partial charge in [-0.3, -0.25) is 0 Å². The molecule has 80 valence electrons. The number of methoxy groups -OCH3 is 1. The Kier molecular flexibility index (Phi) is 3.50. The van der Waals surface area contributed by atoms with E-state index < -0.39 is 12.2 Å². The summed E-state index contributed by atoms with van der Waals surface area (Å²) in [6.45, 7) is 0. The van der Waals surface area contributed by atoms with Crippen molar-refractivity contribution >= 4 is 17.9 Å². The van der Waals surface area contributed by atoms with Crippen LogP contribution in [0.1, 0.15) is 0 Å². The van der Waals surface area contributed by atoms with Crippen molar-refractivity contribution in [2.24, 2.45) is 0 Å². The molecule has 1 aromatic carbocycles. The monoisotopic (exact) mass is 210 g/mol. The zero-order chi connectivity index (χ0) is 11.3. The standard InChI is InChI=1S/C9H10N2O4/c1-15-9(14)11(10-8(12)13)7-5-3-2-4-6-7/h2-6,10H,1H3,(H,12,13). The number of hydrazine groups is 1. The van der Waals surface area contributed by atoms with E-state index in [0.29, 0.717) is 5.69 Å². The van der Waals surface area contributed by atoms with Crippen molar-refractivity contribution in [1.82, 2.24) is 5.43 Å². The molecule has 0 aliphatic rings. The number of hydrogen-bond acceptors (Lipinski definition) is 3. The van der Waals surface area contributed by atoms with Crippen LogP contribution in [0.25, 0.3) is 0 Å². The largest absolute Gasteiger partial charge is 0.464 e. The highest BCUT2D eigenvalue weighted by Crippen LogP contribution is 2.11. The third-order valence-corrected chi connectivity index (χ3v) is 1.58. The van der Waals surface area contributed by atoms with Crippen LogP contribution in [0, 0.1) is 0 Å². The van der Waals surface area contributed by atoms with Gasteiger partial charge in [0.1, 0.15) is 0 Å². The number of ether oxygens (including phenoxy) is 1. The number of carboxylic acid groups (broad SMARTS) is 1. The summed E-state index contributed by atoms with van der Waals surface area (Å²) in [5.74, 6) is 0. The van der Waals surface area contributed by atoms with E-state index in [0.717, 1.165) is 5.01 Å². The normalized spacial score (nSPS) is 9.13. The van der Waals surface area contributed by atoms with Gasteiger partial charge in [-0.15, -0.1) is 0 Å². The predicted octanol–water partition coefficient (Wildman–Crippen LogP) is 1.44. The summed E-state index contributed by atoms with van der Waals surface area (Å²) < 4.78 is 4.43. The van der Waals surface area contributed by atoms with Crippen LogP contribution < -0.4 is 10.4 Å². The first-order valence-corrected chi connectivity index (χ1v) is 4.08. The van der Waals surface area contributed by atoms with E-state index in [4.69, 9.17) is 5.11 Å². The van der Waals surface area contributed by atoms with E-state index in [1.165, 1.54) is 7.11 Å². The maximum Gasteiger partial charge on any atom is 0.433 e. The van der Waals surface area contributed by atoms with Gasteiger partial charge in [0.05, 0.1) is 12.8 Å². The summed E-state index contributed by atoms with van der Waals surface area (Å²) in [5, 5.41) is 9.32. The number of amides is 2. The molecule has 6 heteroatoms. The van der Waals surface area contributed by atoms with Gasteiger partial charge in [0, 0.05) is 0 Å². The molecule has 1 rings (SSSR count). The Morgan fingerprint density at radius 1 is 1.33 bits per heavy atom. The first kappa shape index (κ1) is 10.8. The summed E-state index contributed by atoms with van der Waals surface area (Å²) in [7, 11) is 1.17. The molecule has 2 N–H and O–H groups in total. The summed E-state index contributed by atoms with van der Waals surface area (Å²) in [4.78, 5) is 21.7. The maximum atomic E-state index is 11.2. The zero-order valence-corrected chi connectivity index (χ0v) is 8.01. The molecule has 1 aromatic rings. The van der Waals surface area contributed by atoms with Gasteiger partial charge in [0.15, 0.2) is 0 Å². The maximum absolute atomic E-state index is 11.2. The topological polar surface area (TPSA) is 78.9 Å². The molecule has 0 atom stereocenters. The summed E-state index contributed by atoms with van der Waals surface area (Å²) in [6, 6.07) is 8.25. The van der Waals surface area contributed by atoms with E-state index >= 15 is 0 Å². The number of carbonyl (C=O) groups is 2. The molecular formula is C9H10N2O4. The Balaban J connectivity index is 2.91. The molecule has 0 heterocycles. The van der Waals surface area contributed by atoms with Crippen LogP contribution in [0.3, 0.4) is 0 Å². The number of carbonyl (C=O) groups excluding carboxylic acids is 1. The average molecular weight is 210 g/mol. The lowest BCUT2D eigenvalue weighted by Gasteiger charge is -2.19. The number of anilines is 1. The van der Waals surface area contributed by atoms with E-state index in [1.54, 1.807) is 30.3 Å². The smallest absolute Gasteiger partial charge is 0.433 e. The summed E-state index contributed by atoms with van der Waals surface area (Å²) >= 11 is 0. The molecule has 0 saturated carbocycles. The molecule has 0 aliphatic heterocycles. The fraction of sp³-hybridized carbons (Fsp3) is 0.111. The van der Waals surface area contributed by atoms with E-state index in [-0.39, 0.29) is 0 Å². The van der Waals surface area contributed by atoms with E-state index in [1.807, 2.05) is 5.43 Å². The van der Waals surface area contributed by atoms with Crippen LogP contribution in [-0.4, -0.2) is 24.4 Å². The van der Waals surface area contributed by atoms with Crippen LogP contribution in [0.4, 0.5) is 15.3 Å². The molecule has 0 fully saturated rings. The van der Waals surface area contributed by atoms with E-state index in [2.05, 4.69) is 4.74 Å². The third kappa shape index (κ3) is 2.87. The van der Waals surface area contributed by atoms with Gasteiger partial charge in [-0.05, 0) is 12.1 Å². The second-order valence-electron chi connectivity index (χ2n) is 2.56. The quantitative estimate of drug-likeness (QED) is 0.687. The lowest BCUT2D eigenvalue weighted by molar-refractivity contribution is 0.167. The average Bonchev–Trinajstić information content (AvgIpc) is 2.26. The fourth-order valence-electron chi connectivity index (χ4n) is 0.980. The minimum absolute atomic E-state index is 0.381. The van der Waals surface area contributed by atoms with Gasteiger partial charge in [-0.2, -0.15) is 5.01 Å². The number of nitrogens with zero attached hydrogens (tertiary/aromatic N) is 1. The van der Waals surface area contributed by atoms with Crippen molar-refractivity contribution in [1.29, 1.82) is 0 Å². The van der Waals surface area contributed by atoms with E-state index in [9.17, 15) is 9.59 Å². The van der Waals surface area contributed by atoms with Crippen molar-refractivity contribution in [3.8, 4) is 0 Å². The SMILES string of the molecule is COC(=O)N(NC(=O)O)c1ccccc1. The molecule has 2 amide bonds. The highest BCUT2D eigenvalue weighted by atomic mass is 16.5. The summed E-state index contributed by atoms with van der Waals surface area (Å²) in [6.07, 6.45) is -2.15. The highest BCUT2D eigenvalue weighted by molar-refractivity contribution is 5.89. The molecule has 0 radical (unpaired) electrons. The lowest BCUT2D eigenvalue weighted by Crippen LogP contribution is -2.45. The number of para-hydroxylation sites is 1. The lowest BCUT2D eigenvalue weighted by atomic mass is 10.3. The Morgan fingerprint density at radius 3 is 2.40 bits per heavy atom. The minimum atomic E-state index is -1.34. The Bertz CT molecular complexity index is 352.